The van der Waals surface area contributed by atoms with Crippen molar-refractivity contribution >= 4 is 38.9 Å². The number of rotatable bonds is 5. The molecule has 8 heteroatoms. The number of nitrogens with zero attached hydrogens (tertiary/aromatic N) is 2. The van der Waals surface area contributed by atoms with Gasteiger partial charge in [0.15, 0.2) is 5.76 Å². The zero-order chi connectivity index (χ0) is 21.1. The minimum Gasteiger partial charge on any atom is -0.417 e. The molecule has 0 aliphatic rings. The molecule has 0 unspecified atom stereocenters. The lowest BCUT2D eigenvalue weighted by molar-refractivity contribution is 0.0777. The Kier molecular flexibility index (Phi) is 5.80. The van der Waals surface area contributed by atoms with Crippen molar-refractivity contribution in [3.8, 4) is 6.07 Å². The molecule has 2 heterocycles. The highest BCUT2D eigenvalue weighted by Crippen LogP contribution is 2.33. The number of hydrogen-bond acceptors (Lipinski definition) is 6. The summed E-state index contributed by atoms with van der Waals surface area (Å²) in [6, 6.07) is 10.3. The molecule has 0 radical (unpaired) electrons. The molecule has 29 heavy (non-hydrogen) atoms. The number of nitriles is 1. The van der Waals surface area contributed by atoms with Crippen LogP contribution in [0.4, 0.5) is 5.00 Å². The molecule has 0 aliphatic carbocycles. The van der Waals surface area contributed by atoms with E-state index in [0.29, 0.717) is 34.3 Å². The Morgan fingerprint density at radius 1 is 1.24 bits per heavy atom. The summed E-state index contributed by atoms with van der Waals surface area (Å²) in [4.78, 5) is 39.6. The highest BCUT2D eigenvalue weighted by atomic mass is 32.1. The number of anilines is 1. The minimum atomic E-state index is -0.660. The summed E-state index contributed by atoms with van der Waals surface area (Å²) >= 11 is 1.04. The zero-order valence-corrected chi connectivity index (χ0v) is 17.1. The largest absolute Gasteiger partial charge is 0.417 e. The van der Waals surface area contributed by atoms with E-state index in [4.69, 9.17) is 4.42 Å². The molecule has 0 aliphatic heterocycles. The Morgan fingerprint density at radius 2 is 1.93 bits per heavy atom. The summed E-state index contributed by atoms with van der Waals surface area (Å²) < 4.78 is 5.13. The van der Waals surface area contributed by atoms with Crippen molar-refractivity contribution in [3.05, 3.63) is 62.5 Å². The Labute approximate surface area is 171 Å². The second kappa shape index (κ2) is 8.29. The lowest BCUT2D eigenvalue weighted by atomic mass is 10.1. The molecule has 2 amide bonds. The average molecular weight is 409 g/mol. The van der Waals surface area contributed by atoms with Crippen LogP contribution in [-0.2, 0) is 0 Å². The summed E-state index contributed by atoms with van der Waals surface area (Å²) in [5, 5.41) is 13.3. The third kappa shape index (κ3) is 3.77. The van der Waals surface area contributed by atoms with E-state index in [1.807, 2.05) is 19.9 Å². The lowest BCUT2D eigenvalue weighted by Gasteiger charge is -2.17. The summed E-state index contributed by atoms with van der Waals surface area (Å²) in [5.74, 6) is -1.01. The van der Waals surface area contributed by atoms with Crippen LogP contribution in [-0.4, -0.2) is 29.8 Å². The van der Waals surface area contributed by atoms with Crippen molar-refractivity contribution in [2.75, 3.05) is 18.4 Å². The van der Waals surface area contributed by atoms with Crippen LogP contribution in [0.15, 0.2) is 39.5 Å². The molecule has 0 fully saturated rings. The third-order valence-electron chi connectivity index (χ3n) is 4.62. The highest BCUT2D eigenvalue weighted by molar-refractivity contribution is 7.18. The molecule has 0 atom stereocenters. The Hall–Kier alpha value is -3.44. The molecule has 7 nitrogen and oxygen atoms in total. The van der Waals surface area contributed by atoms with Crippen LogP contribution < -0.4 is 10.9 Å². The van der Waals surface area contributed by atoms with E-state index in [1.54, 1.807) is 36.1 Å². The Morgan fingerprint density at radius 3 is 2.59 bits per heavy atom. The fourth-order valence-electron chi connectivity index (χ4n) is 3.01. The second-order valence-corrected chi connectivity index (χ2v) is 7.31. The standard InChI is InChI=1S/C21H19N3O4S/c1-4-24(5-2)20(26)17-12(3)15(11-22)19(29-17)23-18(25)16-10-13-8-6-7-9-14(13)21(27)28-16/h6-10H,4-5H2,1-3H3,(H,23,25). The van der Waals surface area contributed by atoms with Gasteiger partial charge in [0.05, 0.1) is 15.8 Å². The van der Waals surface area contributed by atoms with Crippen LogP contribution in [0.1, 0.15) is 45.2 Å². The summed E-state index contributed by atoms with van der Waals surface area (Å²) in [6.45, 7) is 6.51. The molecular weight excluding hydrogens is 390 g/mol. The zero-order valence-electron chi connectivity index (χ0n) is 16.2. The van der Waals surface area contributed by atoms with E-state index in [-0.39, 0.29) is 22.2 Å². The van der Waals surface area contributed by atoms with Crippen LogP contribution in [0.2, 0.25) is 0 Å². The first-order valence-corrected chi connectivity index (χ1v) is 9.89. The number of amides is 2. The topological polar surface area (TPSA) is 103 Å². The molecule has 1 aromatic carbocycles. The van der Waals surface area contributed by atoms with Gasteiger partial charge in [-0.3, -0.25) is 9.59 Å². The van der Waals surface area contributed by atoms with Gasteiger partial charge in [0, 0.05) is 13.1 Å². The molecule has 3 rings (SSSR count). The first-order valence-electron chi connectivity index (χ1n) is 9.08. The van der Waals surface area contributed by atoms with E-state index in [9.17, 15) is 19.6 Å². The molecule has 0 saturated carbocycles. The van der Waals surface area contributed by atoms with E-state index in [1.165, 1.54) is 6.07 Å². The van der Waals surface area contributed by atoms with Crippen molar-refractivity contribution in [1.82, 2.24) is 4.90 Å². The first-order chi connectivity index (χ1) is 13.9. The molecule has 3 aromatic rings. The highest BCUT2D eigenvalue weighted by Gasteiger charge is 2.24. The molecular formula is C21H19N3O4S. The van der Waals surface area contributed by atoms with Crippen LogP contribution in [0.3, 0.4) is 0 Å². The molecule has 148 valence electrons. The number of carbonyl (C=O) groups excluding carboxylic acids is 2. The number of thiophene rings is 1. The van der Waals surface area contributed by atoms with Gasteiger partial charge in [0.2, 0.25) is 0 Å². The number of hydrogen-bond donors (Lipinski definition) is 1. The number of nitrogens with one attached hydrogen (secondary N) is 1. The smallest absolute Gasteiger partial charge is 0.344 e. The predicted molar refractivity (Wildman–Crippen MR) is 111 cm³/mol. The normalized spacial score (nSPS) is 10.6. The first kappa shape index (κ1) is 20.3. The van der Waals surface area contributed by atoms with Gasteiger partial charge in [-0.15, -0.1) is 11.3 Å². The van der Waals surface area contributed by atoms with Crippen molar-refractivity contribution in [2.45, 2.75) is 20.8 Å². The second-order valence-electron chi connectivity index (χ2n) is 6.29. The number of fused-ring (bicyclic) bond motifs is 1. The van der Waals surface area contributed by atoms with Gasteiger partial charge in [-0.05, 0) is 43.9 Å². The van der Waals surface area contributed by atoms with Gasteiger partial charge < -0.3 is 14.6 Å². The van der Waals surface area contributed by atoms with Crippen LogP contribution in [0.5, 0.6) is 0 Å². The van der Waals surface area contributed by atoms with Gasteiger partial charge in [-0.2, -0.15) is 5.26 Å². The van der Waals surface area contributed by atoms with Gasteiger partial charge in [0.1, 0.15) is 11.1 Å². The molecule has 2 aromatic heterocycles. The van der Waals surface area contributed by atoms with E-state index >= 15 is 0 Å². The van der Waals surface area contributed by atoms with Crippen molar-refractivity contribution in [1.29, 1.82) is 5.26 Å². The van der Waals surface area contributed by atoms with Gasteiger partial charge in [-0.25, -0.2) is 4.79 Å². The quantitative estimate of drug-likeness (QED) is 0.691. The summed E-state index contributed by atoms with van der Waals surface area (Å²) in [6.07, 6.45) is 0. The summed E-state index contributed by atoms with van der Waals surface area (Å²) in [5.41, 5.74) is 0.125. The fraction of sp³-hybridized carbons (Fsp3) is 0.238. The monoisotopic (exact) mass is 409 g/mol. The SMILES string of the molecule is CCN(CC)C(=O)c1sc(NC(=O)c2cc3ccccc3c(=O)o2)c(C#N)c1C. The van der Waals surface area contributed by atoms with Crippen molar-refractivity contribution < 1.29 is 14.0 Å². The predicted octanol–water partition coefficient (Wildman–Crippen LogP) is 3.77. The van der Waals surface area contributed by atoms with Gasteiger partial charge in [-0.1, -0.05) is 18.2 Å². The maximum absolute atomic E-state index is 12.7. The van der Waals surface area contributed by atoms with E-state index < -0.39 is 11.5 Å². The van der Waals surface area contributed by atoms with Gasteiger partial charge in [0.25, 0.3) is 11.8 Å². The van der Waals surface area contributed by atoms with E-state index in [0.717, 1.165) is 11.3 Å². The van der Waals surface area contributed by atoms with Crippen molar-refractivity contribution in [3.63, 3.8) is 0 Å². The van der Waals surface area contributed by atoms with Crippen LogP contribution in [0.25, 0.3) is 10.8 Å². The molecule has 0 saturated heterocycles. The number of benzene rings is 1. The maximum Gasteiger partial charge on any atom is 0.344 e. The Bertz CT molecular complexity index is 1200. The Balaban J connectivity index is 1.97. The van der Waals surface area contributed by atoms with Crippen LogP contribution >= 0.6 is 11.3 Å². The lowest BCUT2D eigenvalue weighted by Crippen LogP contribution is -2.30. The molecule has 1 N–H and O–H groups in total. The van der Waals surface area contributed by atoms with E-state index in [2.05, 4.69) is 5.32 Å². The van der Waals surface area contributed by atoms with Gasteiger partial charge >= 0.3 is 5.63 Å². The molecule has 0 spiro atoms. The maximum atomic E-state index is 12.7. The average Bonchev–Trinajstić information content (AvgIpc) is 3.03. The van der Waals surface area contributed by atoms with Crippen LogP contribution in [0, 0.1) is 18.3 Å². The van der Waals surface area contributed by atoms with Crippen molar-refractivity contribution in [2.24, 2.45) is 0 Å². The molecule has 0 bridgehead atoms. The fourth-order valence-corrected chi connectivity index (χ4v) is 4.13. The summed E-state index contributed by atoms with van der Waals surface area (Å²) in [7, 11) is 0. The minimum absolute atomic E-state index is 0.166. The number of carbonyl (C=O) groups is 2. The third-order valence-corrected chi connectivity index (χ3v) is 5.82.